The van der Waals surface area contributed by atoms with Crippen molar-refractivity contribution >= 4 is 12.1 Å². The first-order valence-corrected chi connectivity index (χ1v) is 5.35. The normalized spacial score (nSPS) is 11.4. The standard InChI is InChI=1S/C11H21NO4/c1-8(2)12(7-6-9(13)14)10(15)16-11(3,4)5/h8H,6-7H2,1-5H3,(H,13,14). The lowest BCUT2D eigenvalue weighted by molar-refractivity contribution is -0.137. The minimum absolute atomic E-state index is 0.0720. The molecule has 0 aromatic heterocycles. The Kier molecular flexibility index (Phi) is 5.27. The fourth-order valence-corrected chi connectivity index (χ4v) is 1.10. The van der Waals surface area contributed by atoms with Crippen molar-refractivity contribution in [1.29, 1.82) is 0 Å². The molecule has 1 amide bonds. The Morgan fingerprint density at radius 1 is 1.31 bits per heavy atom. The van der Waals surface area contributed by atoms with Crippen molar-refractivity contribution in [3.05, 3.63) is 0 Å². The summed E-state index contributed by atoms with van der Waals surface area (Å²) < 4.78 is 5.19. The van der Waals surface area contributed by atoms with Crippen LogP contribution in [-0.2, 0) is 9.53 Å². The van der Waals surface area contributed by atoms with Gasteiger partial charge in [-0.1, -0.05) is 0 Å². The molecule has 0 radical (unpaired) electrons. The van der Waals surface area contributed by atoms with Crippen molar-refractivity contribution in [2.45, 2.75) is 52.7 Å². The first-order chi connectivity index (χ1) is 7.13. The number of nitrogens with zero attached hydrogens (tertiary/aromatic N) is 1. The lowest BCUT2D eigenvalue weighted by Gasteiger charge is -2.29. The first kappa shape index (κ1) is 14.7. The second-order valence-electron chi connectivity index (χ2n) is 4.91. The maximum atomic E-state index is 11.7. The molecule has 0 fully saturated rings. The van der Waals surface area contributed by atoms with E-state index in [4.69, 9.17) is 9.84 Å². The quantitative estimate of drug-likeness (QED) is 0.804. The van der Waals surface area contributed by atoms with Gasteiger partial charge in [-0.25, -0.2) is 4.79 Å². The van der Waals surface area contributed by atoms with Gasteiger partial charge in [-0.15, -0.1) is 0 Å². The summed E-state index contributed by atoms with van der Waals surface area (Å²) in [4.78, 5) is 23.6. The number of carbonyl (C=O) groups excluding carboxylic acids is 1. The maximum Gasteiger partial charge on any atom is 0.410 e. The summed E-state index contributed by atoms with van der Waals surface area (Å²) in [6, 6.07) is -0.0748. The molecule has 0 rings (SSSR count). The molecular formula is C11H21NO4. The van der Waals surface area contributed by atoms with Gasteiger partial charge in [-0.05, 0) is 34.6 Å². The van der Waals surface area contributed by atoms with Gasteiger partial charge in [0.2, 0.25) is 0 Å². The molecule has 0 bridgehead atoms. The van der Waals surface area contributed by atoms with Crippen LogP contribution in [0, 0.1) is 0 Å². The van der Waals surface area contributed by atoms with Crippen molar-refractivity contribution < 1.29 is 19.4 Å². The highest BCUT2D eigenvalue weighted by atomic mass is 16.6. The van der Waals surface area contributed by atoms with E-state index in [2.05, 4.69) is 0 Å². The number of hydrogen-bond acceptors (Lipinski definition) is 3. The van der Waals surface area contributed by atoms with Crippen LogP contribution in [0.2, 0.25) is 0 Å². The molecule has 0 aliphatic heterocycles. The van der Waals surface area contributed by atoms with Crippen molar-refractivity contribution in [2.75, 3.05) is 6.54 Å². The fraction of sp³-hybridized carbons (Fsp3) is 0.818. The Labute approximate surface area is 96.4 Å². The number of hydrogen-bond donors (Lipinski definition) is 1. The average molecular weight is 231 g/mol. The van der Waals surface area contributed by atoms with Gasteiger partial charge in [0.15, 0.2) is 0 Å². The first-order valence-electron chi connectivity index (χ1n) is 5.35. The Hall–Kier alpha value is -1.26. The number of rotatable bonds is 4. The minimum atomic E-state index is -0.922. The van der Waals surface area contributed by atoms with Crippen LogP contribution in [0.25, 0.3) is 0 Å². The molecule has 94 valence electrons. The van der Waals surface area contributed by atoms with Gasteiger partial charge < -0.3 is 14.7 Å². The van der Waals surface area contributed by atoms with E-state index in [1.165, 1.54) is 4.90 Å². The summed E-state index contributed by atoms with van der Waals surface area (Å²) in [5, 5.41) is 8.58. The van der Waals surface area contributed by atoms with Crippen LogP contribution in [0.15, 0.2) is 0 Å². The zero-order valence-corrected chi connectivity index (χ0v) is 10.6. The molecule has 0 aliphatic carbocycles. The monoisotopic (exact) mass is 231 g/mol. The SMILES string of the molecule is CC(C)N(CCC(=O)O)C(=O)OC(C)(C)C. The predicted molar refractivity (Wildman–Crippen MR) is 60.3 cm³/mol. The summed E-state index contributed by atoms with van der Waals surface area (Å²) in [6.07, 6.45) is -0.541. The Bertz CT molecular complexity index is 255. The van der Waals surface area contributed by atoms with Gasteiger partial charge in [0.25, 0.3) is 0 Å². The second-order valence-corrected chi connectivity index (χ2v) is 4.91. The van der Waals surface area contributed by atoms with Crippen molar-refractivity contribution in [3.8, 4) is 0 Å². The topological polar surface area (TPSA) is 66.8 Å². The largest absolute Gasteiger partial charge is 0.481 e. The zero-order chi connectivity index (χ0) is 12.9. The van der Waals surface area contributed by atoms with E-state index in [0.717, 1.165) is 0 Å². The van der Waals surface area contributed by atoms with E-state index < -0.39 is 17.7 Å². The predicted octanol–water partition coefficient (Wildman–Crippen LogP) is 2.11. The molecule has 5 nitrogen and oxygen atoms in total. The number of carbonyl (C=O) groups is 2. The molecule has 0 atom stereocenters. The second kappa shape index (κ2) is 5.72. The number of ether oxygens (including phenoxy) is 1. The molecule has 0 saturated heterocycles. The third-order valence-electron chi connectivity index (χ3n) is 1.82. The summed E-state index contributed by atoms with van der Waals surface area (Å²) >= 11 is 0. The summed E-state index contributed by atoms with van der Waals surface area (Å²) in [5.41, 5.74) is -0.562. The van der Waals surface area contributed by atoms with E-state index in [1.54, 1.807) is 20.8 Å². The maximum absolute atomic E-state index is 11.7. The van der Waals surface area contributed by atoms with Crippen LogP contribution in [0.1, 0.15) is 41.0 Å². The van der Waals surface area contributed by atoms with Gasteiger partial charge in [0, 0.05) is 12.6 Å². The van der Waals surface area contributed by atoms with Gasteiger partial charge in [-0.3, -0.25) is 4.79 Å². The fourth-order valence-electron chi connectivity index (χ4n) is 1.10. The molecule has 0 spiro atoms. The number of carboxylic acid groups (broad SMARTS) is 1. The van der Waals surface area contributed by atoms with Crippen LogP contribution >= 0.6 is 0 Å². The molecule has 0 heterocycles. The molecule has 5 heteroatoms. The number of amides is 1. The number of carboxylic acids is 1. The Balaban J connectivity index is 4.42. The third-order valence-corrected chi connectivity index (χ3v) is 1.82. The molecule has 0 aromatic carbocycles. The summed E-state index contributed by atoms with van der Waals surface area (Å²) in [5.74, 6) is -0.922. The minimum Gasteiger partial charge on any atom is -0.481 e. The lowest BCUT2D eigenvalue weighted by Crippen LogP contribution is -2.42. The van der Waals surface area contributed by atoms with Crippen LogP contribution in [0.3, 0.4) is 0 Å². The van der Waals surface area contributed by atoms with Crippen LogP contribution in [0.4, 0.5) is 4.79 Å². The van der Waals surface area contributed by atoms with E-state index in [1.807, 2.05) is 13.8 Å². The van der Waals surface area contributed by atoms with Crippen molar-refractivity contribution in [3.63, 3.8) is 0 Å². The van der Waals surface area contributed by atoms with Crippen LogP contribution < -0.4 is 0 Å². The van der Waals surface area contributed by atoms with E-state index >= 15 is 0 Å². The molecule has 16 heavy (non-hydrogen) atoms. The van der Waals surface area contributed by atoms with Crippen LogP contribution in [0.5, 0.6) is 0 Å². The molecule has 0 aromatic rings. The van der Waals surface area contributed by atoms with E-state index in [-0.39, 0.29) is 19.0 Å². The summed E-state index contributed by atoms with van der Waals surface area (Å²) in [6.45, 7) is 9.15. The third kappa shape index (κ3) is 6.27. The highest BCUT2D eigenvalue weighted by Gasteiger charge is 2.24. The van der Waals surface area contributed by atoms with Gasteiger partial charge in [0.05, 0.1) is 6.42 Å². The van der Waals surface area contributed by atoms with E-state index in [9.17, 15) is 9.59 Å². The highest BCUT2D eigenvalue weighted by Crippen LogP contribution is 2.12. The lowest BCUT2D eigenvalue weighted by atomic mass is 10.2. The average Bonchev–Trinajstić information content (AvgIpc) is 1.98. The van der Waals surface area contributed by atoms with Crippen LogP contribution in [-0.4, -0.2) is 40.3 Å². The molecule has 0 aliphatic rings. The molecule has 0 saturated carbocycles. The Morgan fingerprint density at radius 2 is 1.81 bits per heavy atom. The van der Waals surface area contributed by atoms with Crippen molar-refractivity contribution in [1.82, 2.24) is 4.90 Å². The zero-order valence-electron chi connectivity index (χ0n) is 10.6. The molecule has 1 N–H and O–H groups in total. The Morgan fingerprint density at radius 3 is 2.12 bits per heavy atom. The van der Waals surface area contributed by atoms with E-state index in [0.29, 0.717) is 0 Å². The number of aliphatic carboxylic acids is 1. The van der Waals surface area contributed by atoms with Gasteiger partial charge in [-0.2, -0.15) is 0 Å². The highest BCUT2D eigenvalue weighted by molar-refractivity contribution is 5.71. The van der Waals surface area contributed by atoms with Gasteiger partial charge in [0.1, 0.15) is 5.60 Å². The van der Waals surface area contributed by atoms with Crippen molar-refractivity contribution in [2.24, 2.45) is 0 Å². The summed E-state index contributed by atoms with van der Waals surface area (Å²) in [7, 11) is 0. The molecular weight excluding hydrogens is 210 g/mol. The smallest absolute Gasteiger partial charge is 0.410 e. The molecule has 0 unspecified atom stereocenters. The van der Waals surface area contributed by atoms with Gasteiger partial charge >= 0.3 is 12.1 Å².